The van der Waals surface area contributed by atoms with Crippen molar-refractivity contribution in [3.8, 4) is 11.5 Å². The van der Waals surface area contributed by atoms with Crippen LogP contribution < -0.4 is 19.5 Å². The van der Waals surface area contributed by atoms with Crippen LogP contribution in [0.5, 0.6) is 11.5 Å². The molecule has 1 fully saturated rings. The second-order valence-corrected chi connectivity index (χ2v) is 6.76. The highest BCUT2D eigenvalue weighted by Crippen LogP contribution is 2.32. The number of ether oxygens (including phenoxy) is 2. The van der Waals surface area contributed by atoms with Crippen LogP contribution in [0.4, 0.5) is 0 Å². The third kappa shape index (κ3) is 3.87. The van der Waals surface area contributed by atoms with Gasteiger partial charge in [-0.2, -0.15) is 0 Å². The van der Waals surface area contributed by atoms with E-state index in [1.165, 1.54) is 14.2 Å². The normalized spacial score (nSPS) is 19.2. The van der Waals surface area contributed by atoms with Crippen molar-refractivity contribution < 1.29 is 17.9 Å². The van der Waals surface area contributed by atoms with Gasteiger partial charge in [0.1, 0.15) is 11.5 Å². The van der Waals surface area contributed by atoms with E-state index in [0.29, 0.717) is 12.5 Å². The van der Waals surface area contributed by atoms with E-state index < -0.39 is 10.0 Å². The van der Waals surface area contributed by atoms with E-state index in [1.807, 2.05) is 0 Å². The van der Waals surface area contributed by atoms with Crippen LogP contribution in [0.2, 0.25) is 0 Å². The number of benzene rings is 1. The molecule has 0 spiro atoms. The van der Waals surface area contributed by atoms with Gasteiger partial charge in [-0.15, -0.1) is 0 Å². The van der Waals surface area contributed by atoms with E-state index >= 15 is 0 Å². The predicted octanol–water partition coefficient (Wildman–Crippen LogP) is 0.982. The van der Waals surface area contributed by atoms with Gasteiger partial charge in [0.25, 0.3) is 0 Å². The first kappa shape index (κ1) is 16.1. The molecule has 1 aliphatic rings. The summed E-state index contributed by atoms with van der Waals surface area (Å²) in [4.78, 5) is 0.0544. The Morgan fingerprint density at radius 2 is 1.95 bits per heavy atom. The molecule has 7 heteroatoms. The molecule has 118 valence electrons. The number of rotatable bonds is 6. The minimum Gasteiger partial charge on any atom is -0.495 e. The lowest BCUT2D eigenvalue weighted by molar-refractivity contribution is 0.367. The Morgan fingerprint density at radius 3 is 2.48 bits per heavy atom. The molecule has 1 aliphatic heterocycles. The Labute approximate surface area is 125 Å². The van der Waals surface area contributed by atoms with Gasteiger partial charge in [0.15, 0.2) is 4.90 Å². The average Bonchev–Trinajstić information content (AvgIpc) is 2.53. The zero-order chi connectivity index (χ0) is 15.3. The Balaban J connectivity index is 2.18. The van der Waals surface area contributed by atoms with Gasteiger partial charge in [-0.1, -0.05) is 6.07 Å². The molecule has 0 bridgehead atoms. The first-order valence-corrected chi connectivity index (χ1v) is 8.48. The van der Waals surface area contributed by atoms with Crippen LogP contribution in [0.25, 0.3) is 0 Å². The second-order valence-electron chi connectivity index (χ2n) is 5.06. The van der Waals surface area contributed by atoms with Crippen LogP contribution in [0.1, 0.15) is 12.8 Å². The van der Waals surface area contributed by atoms with Crippen LogP contribution in [-0.4, -0.2) is 42.3 Å². The third-order valence-electron chi connectivity index (χ3n) is 3.61. The number of sulfonamides is 1. The van der Waals surface area contributed by atoms with Gasteiger partial charge in [0.05, 0.1) is 14.2 Å². The fraction of sp³-hybridized carbons (Fsp3) is 0.571. The van der Waals surface area contributed by atoms with E-state index in [9.17, 15) is 8.42 Å². The molecule has 1 heterocycles. The zero-order valence-electron chi connectivity index (χ0n) is 12.4. The van der Waals surface area contributed by atoms with Crippen molar-refractivity contribution in [1.29, 1.82) is 0 Å². The molecule has 0 radical (unpaired) electrons. The van der Waals surface area contributed by atoms with Gasteiger partial charge >= 0.3 is 0 Å². The quantitative estimate of drug-likeness (QED) is 0.818. The van der Waals surface area contributed by atoms with Crippen LogP contribution >= 0.6 is 0 Å². The number of piperidine rings is 1. The summed E-state index contributed by atoms with van der Waals surface area (Å²) in [6, 6.07) is 4.92. The summed E-state index contributed by atoms with van der Waals surface area (Å²) in [6.07, 6.45) is 2.10. The maximum atomic E-state index is 12.5. The highest BCUT2D eigenvalue weighted by atomic mass is 32.2. The first-order chi connectivity index (χ1) is 10.1. The van der Waals surface area contributed by atoms with E-state index in [2.05, 4.69) is 10.0 Å². The molecule has 2 N–H and O–H groups in total. The van der Waals surface area contributed by atoms with Crippen LogP contribution in [0, 0.1) is 5.92 Å². The zero-order valence-corrected chi connectivity index (χ0v) is 13.2. The monoisotopic (exact) mass is 314 g/mol. The standard InChI is InChI=1S/C14H22N2O4S/c1-19-12-6-3-7-13(20-2)14(12)21(17,18)16-10-11-5-4-8-15-9-11/h3,6-7,11,15-16H,4-5,8-10H2,1-2H3. The molecule has 0 aromatic heterocycles. The van der Waals surface area contributed by atoms with Gasteiger partial charge in [-0.3, -0.25) is 0 Å². The summed E-state index contributed by atoms with van der Waals surface area (Å²) in [5.41, 5.74) is 0. The summed E-state index contributed by atoms with van der Waals surface area (Å²) < 4.78 is 38.1. The molecule has 1 aromatic rings. The van der Waals surface area contributed by atoms with Crippen molar-refractivity contribution in [2.45, 2.75) is 17.7 Å². The maximum Gasteiger partial charge on any atom is 0.247 e. The van der Waals surface area contributed by atoms with E-state index in [-0.39, 0.29) is 16.4 Å². The third-order valence-corrected chi connectivity index (χ3v) is 5.10. The number of hydrogen-bond acceptors (Lipinski definition) is 5. The molecule has 1 saturated heterocycles. The molecule has 0 aliphatic carbocycles. The minimum atomic E-state index is -3.67. The molecule has 21 heavy (non-hydrogen) atoms. The van der Waals surface area contributed by atoms with E-state index in [1.54, 1.807) is 18.2 Å². The molecule has 0 amide bonds. The second kappa shape index (κ2) is 7.11. The number of methoxy groups -OCH3 is 2. The molecular formula is C14H22N2O4S. The van der Waals surface area contributed by atoms with Crippen molar-refractivity contribution in [3.63, 3.8) is 0 Å². The van der Waals surface area contributed by atoms with Gasteiger partial charge in [-0.25, -0.2) is 13.1 Å². The molecule has 1 atom stereocenters. The maximum absolute atomic E-state index is 12.5. The Hall–Kier alpha value is -1.31. The summed E-state index contributed by atoms with van der Waals surface area (Å²) in [7, 11) is -0.786. The Morgan fingerprint density at radius 1 is 1.29 bits per heavy atom. The number of nitrogens with one attached hydrogen (secondary N) is 2. The lowest BCUT2D eigenvalue weighted by Crippen LogP contribution is -2.38. The minimum absolute atomic E-state index is 0.0544. The lowest BCUT2D eigenvalue weighted by Gasteiger charge is -2.23. The summed E-state index contributed by atoms with van der Waals surface area (Å²) in [6.45, 7) is 2.26. The van der Waals surface area contributed by atoms with Crippen molar-refractivity contribution in [2.24, 2.45) is 5.92 Å². The molecule has 2 rings (SSSR count). The van der Waals surface area contributed by atoms with Gasteiger partial charge < -0.3 is 14.8 Å². The highest BCUT2D eigenvalue weighted by molar-refractivity contribution is 7.89. The number of hydrogen-bond donors (Lipinski definition) is 2. The van der Waals surface area contributed by atoms with Gasteiger partial charge in [0, 0.05) is 6.54 Å². The van der Waals surface area contributed by atoms with Crippen LogP contribution in [0.3, 0.4) is 0 Å². The van der Waals surface area contributed by atoms with Crippen molar-refractivity contribution in [3.05, 3.63) is 18.2 Å². The summed E-state index contributed by atoms with van der Waals surface area (Å²) >= 11 is 0. The molecule has 1 unspecified atom stereocenters. The van der Waals surface area contributed by atoms with E-state index in [4.69, 9.17) is 9.47 Å². The van der Waals surface area contributed by atoms with Crippen LogP contribution in [0.15, 0.2) is 23.1 Å². The molecule has 1 aromatic carbocycles. The fourth-order valence-corrected chi connectivity index (χ4v) is 3.91. The summed E-state index contributed by atoms with van der Waals surface area (Å²) in [5, 5.41) is 3.27. The topological polar surface area (TPSA) is 76.7 Å². The first-order valence-electron chi connectivity index (χ1n) is 7.00. The molecule has 6 nitrogen and oxygen atoms in total. The Bertz CT molecular complexity index is 546. The Kier molecular flexibility index (Phi) is 5.44. The molecule has 0 saturated carbocycles. The van der Waals surface area contributed by atoms with Crippen molar-refractivity contribution in [2.75, 3.05) is 33.9 Å². The van der Waals surface area contributed by atoms with Gasteiger partial charge in [0.2, 0.25) is 10.0 Å². The lowest BCUT2D eigenvalue weighted by atomic mass is 10.0. The smallest absolute Gasteiger partial charge is 0.247 e. The molecular weight excluding hydrogens is 292 g/mol. The SMILES string of the molecule is COc1cccc(OC)c1S(=O)(=O)NCC1CCCNC1. The van der Waals surface area contributed by atoms with Crippen LogP contribution in [-0.2, 0) is 10.0 Å². The van der Waals surface area contributed by atoms with Gasteiger partial charge in [-0.05, 0) is 44.0 Å². The largest absolute Gasteiger partial charge is 0.495 e. The average molecular weight is 314 g/mol. The van der Waals surface area contributed by atoms with Crippen molar-refractivity contribution in [1.82, 2.24) is 10.0 Å². The highest BCUT2D eigenvalue weighted by Gasteiger charge is 2.25. The van der Waals surface area contributed by atoms with Crippen molar-refractivity contribution >= 4 is 10.0 Å². The predicted molar refractivity (Wildman–Crippen MR) is 80.3 cm³/mol. The van der Waals surface area contributed by atoms with E-state index in [0.717, 1.165) is 25.9 Å². The fourth-order valence-electron chi connectivity index (χ4n) is 2.48. The summed E-state index contributed by atoms with van der Waals surface area (Å²) in [5.74, 6) is 0.876.